The topological polar surface area (TPSA) is 62.2 Å². The Morgan fingerprint density at radius 2 is 1.65 bits per heavy atom. The quantitative estimate of drug-likeness (QED) is 0.374. The molecule has 2 amide bonds. The van der Waals surface area contributed by atoms with Gasteiger partial charge in [-0.25, -0.2) is 0 Å². The van der Waals surface area contributed by atoms with Crippen molar-refractivity contribution in [2.45, 2.75) is 65.0 Å². The third-order valence-corrected chi connectivity index (χ3v) is 9.13. The monoisotopic (exact) mass is 535 g/mol. The van der Waals surface area contributed by atoms with Gasteiger partial charge < -0.3 is 9.64 Å². The van der Waals surface area contributed by atoms with E-state index < -0.39 is 5.54 Å². The molecule has 3 aromatic carbocycles. The first kappa shape index (κ1) is 25.3. The van der Waals surface area contributed by atoms with Crippen molar-refractivity contribution in [1.29, 1.82) is 0 Å². The van der Waals surface area contributed by atoms with Gasteiger partial charge in [0.05, 0.1) is 6.10 Å². The Hall–Kier alpha value is -3.67. The molecule has 3 fully saturated rings. The summed E-state index contributed by atoms with van der Waals surface area (Å²) in [5, 5.41) is 2.33. The van der Waals surface area contributed by atoms with Crippen LogP contribution in [-0.2, 0) is 9.59 Å². The second-order valence-electron chi connectivity index (χ2n) is 12.9. The van der Waals surface area contributed by atoms with Crippen LogP contribution in [0.3, 0.4) is 0 Å². The van der Waals surface area contributed by atoms with Gasteiger partial charge in [0.15, 0.2) is 0 Å². The molecule has 0 N–H and O–H groups in total. The summed E-state index contributed by atoms with van der Waals surface area (Å²) in [6.07, 6.45) is 3.81. The highest BCUT2D eigenvalue weighted by molar-refractivity contribution is 6.17. The van der Waals surface area contributed by atoms with Crippen molar-refractivity contribution < 1.29 is 14.3 Å². The molecule has 0 unspecified atom stereocenters. The molecule has 4 aliphatic rings. The van der Waals surface area contributed by atoms with E-state index in [0.29, 0.717) is 12.5 Å². The van der Waals surface area contributed by atoms with Crippen molar-refractivity contribution in [3.8, 4) is 16.9 Å². The van der Waals surface area contributed by atoms with Crippen LogP contribution >= 0.6 is 0 Å². The highest BCUT2D eigenvalue weighted by Gasteiger charge is 2.58. The maximum absolute atomic E-state index is 13.5. The van der Waals surface area contributed by atoms with Gasteiger partial charge in [-0.15, -0.1) is 0 Å². The minimum Gasteiger partial charge on any atom is -0.491 e. The second kappa shape index (κ2) is 8.92. The Morgan fingerprint density at radius 1 is 0.975 bits per heavy atom. The van der Waals surface area contributed by atoms with Gasteiger partial charge in [0, 0.05) is 36.5 Å². The fraction of sp³-hybridized carbons (Fsp3) is 0.441. The summed E-state index contributed by atoms with van der Waals surface area (Å²) in [5.41, 5.74) is 3.76. The summed E-state index contributed by atoms with van der Waals surface area (Å²) in [6, 6.07) is 19.2. The van der Waals surface area contributed by atoms with Gasteiger partial charge in [0.1, 0.15) is 17.1 Å². The van der Waals surface area contributed by atoms with E-state index in [1.54, 1.807) is 0 Å². The number of hydrogen-bond acceptors (Lipinski definition) is 4. The summed E-state index contributed by atoms with van der Waals surface area (Å²) in [5.74, 6) is 2.42. The number of amides is 2. The molecular formula is C34H37N3O3. The van der Waals surface area contributed by atoms with Crippen molar-refractivity contribution in [1.82, 2.24) is 9.80 Å². The Bertz CT molecular complexity index is 1570. The molecule has 2 heterocycles. The van der Waals surface area contributed by atoms with Crippen LogP contribution < -0.4 is 4.74 Å². The molecule has 2 saturated carbocycles. The molecule has 2 aliphatic heterocycles. The van der Waals surface area contributed by atoms with Gasteiger partial charge in [0.25, 0.3) is 5.91 Å². The molecule has 1 saturated heterocycles. The lowest BCUT2D eigenvalue weighted by molar-refractivity contribution is -0.143. The maximum atomic E-state index is 13.5. The van der Waals surface area contributed by atoms with Crippen LogP contribution in [0.25, 0.3) is 21.9 Å². The Morgan fingerprint density at radius 3 is 2.33 bits per heavy atom. The van der Waals surface area contributed by atoms with Crippen LogP contribution in [0.4, 0.5) is 0 Å². The Balaban J connectivity index is 1.11. The standard InChI is InChI=1S/C34H37N3O3/c1-21(2)40-28-9-7-26-16-25(5-6-27(26)17-28)24-8-10-29(22(3)15-24)30-35-34(13-14-34)32(39)37(30)20-23-18-36(19-23)31(38)33(4)11-12-33/h5-10,15-17,21,23H,11-14,18-20H2,1-4H3. The van der Waals surface area contributed by atoms with Crippen LogP contribution in [0.15, 0.2) is 59.6 Å². The number of carbonyl (C=O) groups is 2. The van der Waals surface area contributed by atoms with Crippen LogP contribution in [0.1, 0.15) is 57.6 Å². The van der Waals surface area contributed by atoms with Crippen molar-refractivity contribution >= 4 is 28.4 Å². The summed E-state index contributed by atoms with van der Waals surface area (Å²) in [7, 11) is 0. The summed E-state index contributed by atoms with van der Waals surface area (Å²) < 4.78 is 5.86. The van der Waals surface area contributed by atoms with Crippen molar-refractivity contribution in [2.24, 2.45) is 16.3 Å². The molecule has 3 aromatic rings. The van der Waals surface area contributed by atoms with Crippen LogP contribution in [-0.4, -0.2) is 58.7 Å². The molecule has 40 heavy (non-hydrogen) atoms. The molecule has 6 heteroatoms. The summed E-state index contributed by atoms with van der Waals surface area (Å²) in [6.45, 7) is 10.4. The zero-order valence-electron chi connectivity index (χ0n) is 23.9. The lowest BCUT2D eigenvalue weighted by atomic mass is 9.95. The highest BCUT2D eigenvalue weighted by Crippen LogP contribution is 2.48. The normalized spacial score (nSPS) is 20.7. The molecule has 0 bridgehead atoms. The van der Waals surface area contributed by atoms with Gasteiger partial charge in [-0.05, 0) is 92.1 Å². The number of amidine groups is 1. The summed E-state index contributed by atoms with van der Waals surface area (Å²) >= 11 is 0. The first-order chi connectivity index (χ1) is 19.1. The maximum Gasteiger partial charge on any atom is 0.256 e. The number of hydrogen-bond donors (Lipinski definition) is 0. The van der Waals surface area contributed by atoms with Gasteiger partial charge in [0.2, 0.25) is 5.91 Å². The van der Waals surface area contributed by atoms with Crippen LogP contribution in [0.5, 0.6) is 5.75 Å². The Kier molecular flexibility index (Phi) is 5.64. The number of ether oxygens (including phenoxy) is 1. The molecule has 206 valence electrons. The predicted molar refractivity (Wildman–Crippen MR) is 158 cm³/mol. The second-order valence-corrected chi connectivity index (χ2v) is 12.9. The van der Waals surface area contributed by atoms with E-state index in [4.69, 9.17) is 9.73 Å². The van der Waals surface area contributed by atoms with Crippen molar-refractivity contribution in [2.75, 3.05) is 19.6 Å². The average molecular weight is 536 g/mol. The van der Waals surface area contributed by atoms with E-state index in [2.05, 4.69) is 62.4 Å². The third-order valence-electron chi connectivity index (χ3n) is 9.13. The zero-order chi connectivity index (χ0) is 27.8. The minimum atomic E-state index is -0.544. The predicted octanol–water partition coefficient (Wildman–Crippen LogP) is 5.98. The number of nitrogens with zero attached hydrogens (tertiary/aromatic N) is 3. The molecule has 0 aromatic heterocycles. The van der Waals surface area contributed by atoms with Crippen LogP contribution in [0.2, 0.25) is 0 Å². The molecule has 7 rings (SSSR count). The Labute approximate surface area is 236 Å². The van der Waals surface area contributed by atoms with E-state index in [1.165, 1.54) is 5.39 Å². The lowest BCUT2D eigenvalue weighted by Gasteiger charge is -2.42. The average Bonchev–Trinajstić information content (AvgIpc) is 3.82. The van der Waals surface area contributed by atoms with Gasteiger partial charge >= 0.3 is 0 Å². The molecule has 1 spiro atoms. The van der Waals surface area contributed by atoms with E-state index >= 15 is 0 Å². The summed E-state index contributed by atoms with van der Waals surface area (Å²) in [4.78, 5) is 35.1. The SMILES string of the molecule is Cc1cc(-c2ccc3cc(OC(C)C)ccc3c2)ccc1C1=NC2(CC2)C(=O)N1CC1CN(C(=O)C2(C)CC2)C1. The molecule has 6 nitrogen and oxygen atoms in total. The zero-order valence-corrected chi connectivity index (χ0v) is 23.9. The minimum absolute atomic E-state index is 0.131. The smallest absolute Gasteiger partial charge is 0.256 e. The van der Waals surface area contributed by atoms with E-state index in [-0.39, 0.29) is 23.3 Å². The number of aliphatic imine (C=N–C) groups is 1. The first-order valence-electron chi connectivity index (χ1n) is 14.7. The number of likely N-dealkylation sites (tertiary alicyclic amines) is 1. The molecular weight excluding hydrogens is 498 g/mol. The molecule has 0 radical (unpaired) electrons. The van der Waals surface area contributed by atoms with E-state index in [1.807, 2.05) is 29.7 Å². The van der Waals surface area contributed by atoms with E-state index in [0.717, 1.165) is 78.0 Å². The van der Waals surface area contributed by atoms with Crippen molar-refractivity contribution in [3.05, 3.63) is 65.7 Å². The molecule has 0 atom stereocenters. The fourth-order valence-electron chi connectivity index (χ4n) is 6.21. The lowest BCUT2D eigenvalue weighted by Crippen LogP contribution is -2.56. The van der Waals surface area contributed by atoms with Crippen LogP contribution in [0, 0.1) is 18.3 Å². The molecule has 2 aliphatic carbocycles. The van der Waals surface area contributed by atoms with Crippen molar-refractivity contribution in [3.63, 3.8) is 0 Å². The number of fused-ring (bicyclic) bond motifs is 1. The highest BCUT2D eigenvalue weighted by atomic mass is 16.5. The van der Waals surface area contributed by atoms with Gasteiger partial charge in [-0.2, -0.15) is 0 Å². The van der Waals surface area contributed by atoms with E-state index in [9.17, 15) is 9.59 Å². The number of benzene rings is 3. The van der Waals surface area contributed by atoms with Gasteiger partial charge in [-0.3, -0.25) is 19.5 Å². The fourth-order valence-corrected chi connectivity index (χ4v) is 6.21. The number of aryl methyl sites for hydroxylation is 1. The first-order valence-corrected chi connectivity index (χ1v) is 14.7. The van der Waals surface area contributed by atoms with Gasteiger partial charge in [-0.1, -0.05) is 43.3 Å². The third kappa shape index (κ3) is 4.29. The number of rotatable bonds is 7. The largest absolute Gasteiger partial charge is 0.491 e. The number of carbonyl (C=O) groups excluding carboxylic acids is 2.